The lowest BCUT2D eigenvalue weighted by atomic mass is 9.87. The Kier molecular flexibility index (Phi) is 2.87. The molecule has 1 saturated heterocycles. The molecule has 0 spiro atoms. The average molecular weight is 189 g/mol. The van der Waals surface area contributed by atoms with Crippen LogP contribution in [-0.2, 0) is 0 Å². The zero-order valence-electron chi connectivity index (χ0n) is 9.03. The molecule has 1 aliphatic rings. The smallest absolute Gasteiger partial charge is 0.0322 e. The van der Waals surface area contributed by atoms with Crippen LogP contribution in [0.3, 0.4) is 0 Å². The standard InChI is InChI=1S/C13H19N/c1-10-8-9-13(14-11(10)2)12-6-4-3-5-7-12/h3-7,10-11,13-14H,8-9H2,1-2H3. The van der Waals surface area contributed by atoms with Crippen molar-refractivity contribution in [1.82, 2.24) is 5.32 Å². The van der Waals surface area contributed by atoms with Crippen molar-refractivity contribution in [2.45, 2.75) is 38.8 Å². The fraction of sp³-hybridized carbons (Fsp3) is 0.538. The lowest BCUT2D eigenvalue weighted by Crippen LogP contribution is -2.39. The number of benzene rings is 1. The van der Waals surface area contributed by atoms with Crippen LogP contribution in [0.1, 0.15) is 38.3 Å². The molecule has 2 rings (SSSR count). The third-order valence-electron chi connectivity index (χ3n) is 3.43. The van der Waals surface area contributed by atoms with Gasteiger partial charge in [0.1, 0.15) is 0 Å². The Labute approximate surface area is 86.5 Å². The van der Waals surface area contributed by atoms with E-state index in [0.717, 1.165) is 5.92 Å². The number of hydrogen-bond donors (Lipinski definition) is 1. The second-order valence-corrected chi connectivity index (χ2v) is 4.47. The molecule has 1 aliphatic heterocycles. The topological polar surface area (TPSA) is 12.0 Å². The molecule has 1 fully saturated rings. The number of nitrogens with one attached hydrogen (secondary N) is 1. The van der Waals surface area contributed by atoms with Crippen molar-refractivity contribution >= 4 is 0 Å². The zero-order valence-corrected chi connectivity index (χ0v) is 9.03. The Morgan fingerprint density at radius 1 is 1.07 bits per heavy atom. The molecule has 1 heteroatoms. The first-order valence-electron chi connectivity index (χ1n) is 5.58. The highest BCUT2D eigenvalue weighted by Gasteiger charge is 2.24. The molecule has 1 heterocycles. The minimum absolute atomic E-state index is 0.572. The van der Waals surface area contributed by atoms with Gasteiger partial charge in [0.25, 0.3) is 0 Å². The molecule has 3 atom stereocenters. The molecule has 0 bridgehead atoms. The van der Waals surface area contributed by atoms with E-state index in [1.807, 2.05) is 0 Å². The highest BCUT2D eigenvalue weighted by Crippen LogP contribution is 2.28. The van der Waals surface area contributed by atoms with Crippen LogP contribution >= 0.6 is 0 Å². The second-order valence-electron chi connectivity index (χ2n) is 4.47. The average Bonchev–Trinajstić information content (AvgIpc) is 2.23. The summed E-state index contributed by atoms with van der Waals surface area (Å²) in [7, 11) is 0. The first kappa shape index (κ1) is 9.72. The maximum absolute atomic E-state index is 3.68. The van der Waals surface area contributed by atoms with Crippen LogP contribution in [0.5, 0.6) is 0 Å². The number of piperidine rings is 1. The van der Waals surface area contributed by atoms with Gasteiger partial charge in [-0.05, 0) is 31.2 Å². The molecule has 0 radical (unpaired) electrons. The quantitative estimate of drug-likeness (QED) is 0.715. The van der Waals surface area contributed by atoms with Crippen LogP contribution in [0.4, 0.5) is 0 Å². The van der Waals surface area contributed by atoms with Crippen LogP contribution in [-0.4, -0.2) is 6.04 Å². The van der Waals surface area contributed by atoms with Gasteiger partial charge in [-0.3, -0.25) is 0 Å². The van der Waals surface area contributed by atoms with E-state index in [9.17, 15) is 0 Å². The summed E-state index contributed by atoms with van der Waals surface area (Å²) in [5.74, 6) is 0.815. The van der Waals surface area contributed by atoms with Gasteiger partial charge in [-0.25, -0.2) is 0 Å². The summed E-state index contributed by atoms with van der Waals surface area (Å²) in [6.07, 6.45) is 2.61. The molecule has 0 amide bonds. The predicted octanol–water partition coefficient (Wildman–Crippen LogP) is 3.14. The van der Waals surface area contributed by atoms with Crippen LogP contribution in [0.25, 0.3) is 0 Å². The van der Waals surface area contributed by atoms with Gasteiger partial charge in [0.15, 0.2) is 0 Å². The zero-order chi connectivity index (χ0) is 9.97. The molecule has 3 unspecified atom stereocenters. The Balaban J connectivity index is 2.07. The monoisotopic (exact) mass is 189 g/mol. The fourth-order valence-corrected chi connectivity index (χ4v) is 2.19. The van der Waals surface area contributed by atoms with Gasteiger partial charge in [0, 0.05) is 12.1 Å². The van der Waals surface area contributed by atoms with Gasteiger partial charge in [-0.1, -0.05) is 37.3 Å². The maximum Gasteiger partial charge on any atom is 0.0322 e. The van der Waals surface area contributed by atoms with Crippen molar-refractivity contribution in [3.63, 3.8) is 0 Å². The van der Waals surface area contributed by atoms with Gasteiger partial charge in [-0.15, -0.1) is 0 Å². The second kappa shape index (κ2) is 4.14. The summed E-state index contributed by atoms with van der Waals surface area (Å²) in [6.45, 7) is 4.62. The Bertz CT molecular complexity index is 281. The minimum Gasteiger partial charge on any atom is -0.307 e. The van der Waals surface area contributed by atoms with Crippen LogP contribution in [0.15, 0.2) is 30.3 Å². The Morgan fingerprint density at radius 3 is 2.43 bits per heavy atom. The molecule has 1 aromatic carbocycles. The lowest BCUT2D eigenvalue weighted by molar-refractivity contribution is 0.261. The highest BCUT2D eigenvalue weighted by atomic mass is 15.0. The third-order valence-corrected chi connectivity index (χ3v) is 3.43. The summed E-state index contributed by atoms with van der Waals surface area (Å²) >= 11 is 0. The van der Waals surface area contributed by atoms with E-state index >= 15 is 0 Å². The summed E-state index contributed by atoms with van der Waals surface area (Å²) in [5.41, 5.74) is 1.44. The largest absolute Gasteiger partial charge is 0.307 e. The summed E-state index contributed by atoms with van der Waals surface area (Å²) in [6, 6.07) is 12.0. The molecular formula is C13H19N. The molecule has 76 valence electrons. The lowest BCUT2D eigenvalue weighted by Gasteiger charge is -2.34. The molecule has 0 aromatic heterocycles. The molecule has 14 heavy (non-hydrogen) atoms. The Morgan fingerprint density at radius 2 is 1.79 bits per heavy atom. The third kappa shape index (κ3) is 1.98. The van der Waals surface area contributed by atoms with E-state index < -0.39 is 0 Å². The van der Waals surface area contributed by atoms with Crippen LogP contribution in [0, 0.1) is 5.92 Å². The summed E-state index contributed by atoms with van der Waals surface area (Å²) in [4.78, 5) is 0. The van der Waals surface area contributed by atoms with Gasteiger partial charge in [0.05, 0.1) is 0 Å². The normalized spacial score (nSPS) is 32.9. The molecular weight excluding hydrogens is 170 g/mol. The molecule has 1 aromatic rings. The first-order valence-corrected chi connectivity index (χ1v) is 5.58. The summed E-state index contributed by atoms with van der Waals surface area (Å²) < 4.78 is 0. The Hall–Kier alpha value is -0.820. The van der Waals surface area contributed by atoms with Crippen LogP contribution < -0.4 is 5.32 Å². The van der Waals surface area contributed by atoms with E-state index in [4.69, 9.17) is 0 Å². The highest BCUT2D eigenvalue weighted by molar-refractivity contribution is 5.19. The van der Waals surface area contributed by atoms with Crippen molar-refractivity contribution in [3.05, 3.63) is 35.9 Å². The van der Waals surface area contributed by atoms with Crippen molar-refractivity contribution in [2.75, 3.05) is 0 Å². The summed E-state index contributed by atoms with van der Waals surface area (Å²) in [5, 5.41) is 3.68. The van der Waals surface area contributed by atoms with Crippen molar-refractivity contribution in [2.24, 2.45) is 5.92 Å². The van der Waals surface area contributed by atoms with Gasteiger partial charge in [-0.2, -0.15) is 0 Å². The van der Waals surface area contributed by atoms with Crippen molar-refractivity contribution in [1.29, 1.82) is 0 Å². The predicted molar refractivity (Wildman–Crippen MR) is 60.2 cm³/mol. The molecule has 0 aliphatic carbocycles. The van der Waals surface area contributed by atoms with E-state index in [2.05, 4.69) is 49.5 Å². The van der Waals surface area contributed by atoms with E-state index in [1.54, 1.807) is 0 Å². The fourth-order valence-electron chi connectivity index (χ4n) is 2.19. The van der Waals surface area contributed by atoms with Gasteiger partial charge in [0.2, 0.25) is 0 Å². The van der Waals surface area contributed by atoms with E-state index in [-0.39, 0.29) is 0 Å². The van der Waals surface area contributed by atoms with E-state index in [0.29, 0.717) is 12.1 Å². The van der Waals surface area contributed by atoms with E-state index in [1.165, 1.54) is 18.4 Å². The SMILES string of the molecule is CC1CCC(c2ccccc2)NC1C. The number of hydrogen-bond acceptors (Lipinski definition) is 1. The molecule has 1 nitrogen and oxygen atoms in total. The maximum atomic E-state index is 3.68. The van der Waals surface area contributed by atoms with Gasteiger partial charge >= 0.3 is 0 Å². The first-order chi connectivity index (χ1) is 6.77. The minimum atomic E-state index is 0.572. The van der Waals surface area contributed by atoms with Gasteiger partial charge < -0.3 is 5.32 Å². The molecule has 0 saturated carbocycles. The number of rotatable bonds is 1. The van der Waals surface area contributed by atoms with Crippen molar-refractivity contribution < 1.29 is 0 Å². The molecule has 1 N–H and O–H groups in total. The van der Waals surface area contributed by atoms with Crippen molar-refractivity contribution in [3.8, 4) is 0 Å². The van der Waals surface area contributed by atoms with Crippen LogP contribution in [0.2, 0.25) is 0 Å².